The maximum Gasteiger partial charge on any atom is 0.122 e. The largest absolute Gasteiger partial charge is 0.496 e. The van der Waals surface area contributed by atoms with Gasteiger partial charge in [-0.2, -0.15) is 0 Å². The van der Waals surface area contributed by atoms with Crippen LogP contribution in [0, 0.1) is 6.92 Å². The van der Waals surface area contributed by atoms with Gasteiger partial charge in [-0.1, -0.05) is 25.0 Å². The molecular formula is C14H21NO. The average Bonchev–Trinajstić information content (AvgIpc) is 2.78. The molecule has 0 heterocycles. The Morgan fingerprint density at radius 1 is 1.31 bits per heavy atom. The van der Waals surface area contributed by atoms with E-state index in [4.69, 9.17) is 10.5 Å². The van der Waals surface area contributed by atoms with E-state index in [0.29, 0.717) is 0 Å². The molecule has 0 bridgehead atoms. The van der Waals surface area contributed by atoms with Crippen LogP contribution < -0.4 is 10.5 Å². The topological polar surface area (TPSA) is 35.2 Å². The molecule has 1 aliphatic rings. The predicted octanol–water partition coefficient (Wildman–Crippen LogP) is 2.77. The SMILES string of the molecule is COc1cccc(C)c1C1(CN)CCCC1. The zero-order valence-corrected chi connectivity index (χ0v) is 10.3. The zero-order valence-electron chi connectivity index (χ0n) is 10.3. The number of ether oxygens (including phenoxy) is 1. The molecule has 0 spiro atoms. The normalized spacial score (nSPS) is 18.7. The Morgan fingerprint density at radius 2 is 2.00 bits per heavy atom. The van der Waals surface area contributed by atoms with Gasteiger partial charge in [0.1, 0.15) is 5.75 Å². The van der Waals surface area contributed by atoms with Crippen molar-refractivity contribution in [2.24, 2.45) is 5.73 Å². The molecule has 1 fully saturated rings. The third-order valence-electron chi connectivity index (χ3n) is 3.94. The number of rotatable bonds is 3. The molecule has 2 rings (SSSR count). The minimum absolute atomic E-state index is 0.163. The first-order valence-electron chi connectivity index (χ1n) is 6.08. The van der Waals surface area contributed by atoms with Crippen LogP contribution in [-0.4, -0.2) is 13.7 Å². The summed E-state index contributed by atoms with van der Waals surface area (Å²) in [5.74, 6) is 1.01. The number of nitrogens with two attached hydrogens (primary N) is 1. The second-order valence-corrected chi connectivity index (χ2v) is 4.84. The van der Waals surface area contributed by atoms with Gasteiger partial charge in [0.15, 0.2) is 0 Å². The van der Waals surface area contributed by atoms with Crippen molar-refractivity contribution < 1.29 is 4.74 Å². The monoisotopic (exact) mass is 219 g/mol. The van der Waals surface area contributed by atoms with Crippen LogP contribution in [0.3, 0.4) is 0 Å². The van der Waals surface area contributed by atoms with Crippen molar-refractivity contribution in [1.29, 1.82) is 0 Å². The van der Waals surface area contributed by atoms with Crippen molar-refractivity contribution in [3.63, 3.8) is 0 Å². The predicted molar refractivity (Wildman–Crippen MR) is 66.9 cm³/mol. The molecule has 0 radical (unpaired) electrons. The van der Waals surface area contributed by atoms with Gasteiger partial charge in [-0.25, -0.2) is 0 Å². The van der Waals surface area contributed by atoms with E-state index >= 15 is 0 Å². The molecule has 0 unspecified atom stereocenters. The summed E-state index contributed by atoms with van der Waals surface area (Å²) in [4.78, 5) is 0. The molecule has 0 aliphatic heterocycles. The molecule has 1 saturated carbocycles. The summed E-state index contributed by atoms with van der Waals surface area (Å²) < 4.78 is 5.51. The van der Waals surface area contributed by atoms with Crippen molar-refractivity contribution in [1.82, 2.24) is 0 Å². The highest BCUT2D eigenvalue weighted by Crippen LogP contribution is 2.45. The summed E-state index contributed by atoms with van der Waals surface area (Å²) in [6, 6.07) is 6.27. The average molecular weight is 219 g/mol. The van der Waals surface area contributed by atoms with Crippen LogP contribution in [0.25, 0.3) is 0 Å². The first-order valence-corrected chi connectivity index (χ1v) is 6.08. The van der Waals surface area contributed by atoms with E-state index in [1.165, 1.54) is 36.8 Å². The molecule has 0 atom stereocenters. The van der Waals surface area contributed by atoms with Gasteiger partial charge in [-0.05, 0) is 31.4 Å². The molecule has 2 nitrogen and oxygen atoms in total. The number of aryl methyl sites for hydroxylation is 1. The van der Waals surface area contributed by atoms with Gasteiger partial charge in [0.2, 0.25) is 0 Å². The second kappa shape index (κ2) is 4.46. The summed E-state index contributed by atoms with van der Waals surface area (Å²) >= 11 is 0. The summed E-state index contributed by atoms with van der Waals surface area (Å²) in [6.07, 6.45) is 4.97. The summed E-state index contributed by atoms with van der Waals surface area (Å²) in [7, 11) is 1.75. The van der Waals surface area contributed by atoms with Crippen LogP contribution >= 0.6 is 0 Å². The van der Waals surface area contributed by atoms with E-state index in [-0.39, 0.29) is 5.41 Å². The lowest BCUT2D eigenvalue weighted by Gasteiger charge is -2.31. The van der Waals surface area contributed by atoms with Gasteiger partial charge in [-0.15, -0.1) is 0 Å². The first kappa shape index (κ1) is 11.5. The molecule has 16 heavy (non-hydrogen) atoms. The fourth-order valence-corrected chi connectivity index (χ4v) is 3.10. The minimum Gasteiger partial charge on any atom is -0.496 e. The quantitative estimate of drug-likeness (QED) is 0.848. The summed E-state index contributed by atoms with van der Waals surface area (Å²) in [6.45, 7) is 2.89. The Morgan fingerprint density at radius 3 is 2.56 bits per heavy atom. The molecule has 1 aromatic carbocycles. The maximum atomic E-state index is 6.04. The molecule has 0 amide bonds. The molecule has 2 heteroatoms. The molecular weight excluding hydrogens is 198 g/mol. The number of methoxy groups -OCH3 is 1. The van der Waals surface area contributed by atoms with E-state index in [2.05, 4.69) is 25.1 Å². The fourth-order valence-electron chi connectivity index (χ4n) is 3.10. The Bertz CT molecular complexity index is 367. The third kappa shape index (κ3) is 1.71. The minimum atomic E-state index is 0.163. The fraction of sp³-hybridized carbons (Fsp3) is 0.571. The highest BCUT2D eigenvalue weighted by atomic mass is 16.5. The highest BCUT2D eigenvalue weighted by Gasteiger charge is 2.37. The molecule has 0 saturated heterocycles. The van der Waals surface area contributed by atoms with E-state index in [1.807, 2.05) is 0 Å². The highest BCUT2D eigenvalue weighted by molar-refractivity contribution is 5.46. The summed E-state index contributed by atoms with van der Waals surface area (Å²) in [5, 5.41) is 0. The van der Waals surface area contributed by atoms with Crippen LogP contribution in [0.1, 0.15) is 36.8 Å². The van der Waals surface area contributed by atoms with Crippen LogP contribution in [-0.2, 0) is 5.41 Å². The van der Waals surface area contributed by atoms with Gasteiger partial charge in [0, 0.05) is 17.5 Å². The van der Waals surface area contributed by atoms with Crippen LogP contribution in [0.2, 0.25) is 0 Å². The zero-order chi connectivity index (χ0) is 11.6. The molecule has 1 aromatic rings. The van der Waals surface area contributed by atoms with Crippen molar-refractivity contribution in [3.8, 4) is 5.75 Å². The lowest BCUT2D eigenvalue weighted by atomic mass is 9.76. The number of benzene rings is 1. The third-order valence-corrected chi connectivity index (χ3v) is 3.94. The van der Waals surface area contributed by atoms with Crippen LogP contribution in [0.15, 0.2) is 18.2 Å². The Kier molecular flexibility index (Phi) is 3.20. The lowest BCUT2D eigenvalue weighted by Crippen LogP contribution is -2.33. The van der Waals surface area contributed by atoms with E-state index < -0.39 is 0 Å². The van der Waals surface area contributed by atoms with Gasteiger partial charge in [0.05, 0.1) is 7.11 Å². The van der Waals surface area contributed by atoms with Gasteiger partial charge in [0.25, 0.3) is 0 Å². The Balaban J connectivity index is 2.52. The Labute approximate surface area is 97.8 Å². The molecule has 2 N–H and O–H groups in total. The number of hydrogen-bond donors (Lipinski definition) is 1. The lowest BCUT2D eigenvalue weighted by molar-refractivity contribution is 0.376. The van der Waals surface area contributed by atoms with Gasteiger partial charge >= 0.3 is 0 Å². The maximum absolute atomic E-state index is 6.04. The Hall–Kier alpha value is -1.02. The van der Waals surface area contributed by atoms with Crippen molar-refractivity contribution in [3.05, 3.63) is 29.3 Å². The standard InChI is InChI=1S/C14H21NO/c1-11-6-5-7-12(16-2)13(11)14(10-15)8-3-4-9-14/h5-7H,3-4,8-10,15H2,1-2H3. The van der Waals surface area contributed by atoms with Crippen molar-refractivity contribution in [2.75, 3.05) is 13.7 Å². The van der Waals surface area contributed by atoms with Gasteiger partial charge < -0.3 is 10.5 Å². The molecule has 1 aliphatic carbocycles. The van der Waals surface area contributed by atoms with Crippen LogP contribution in [0.4, 0.5) is 0 Å². The van der Waals surface area contributed by atoms with E-state index in [9.17, 15) is 0 Å². The van der Waals surface area contributed by atoms with E-state index in [0.717, 1.165) is 12.3 Å². The number of hydrogen-bond acceptors (Lipinski definition) is 2. The van der Waals surface area contributed by atoms with Crippen LogP contribution in [0.5, 0.6) is 5.75 Å². The van der Waals surface area contributed by atoms with Crippen molar-refractivity contribution >= 4 is 0 Å². The second-order valence-electron chi connectivity index (χ2n) is 4.84. The van der Waals surface area contributed by atoms with E-state index in [1.54, 1.807) is 7.11 Å². The summed E-state index contributed by atoms with van der Waals surface area (Å²) in [5.41, 5.74) is 8.86. The molecule has 88 valence electrons. The molecule has 0 aromatic heterocycles. The van der Waals surface area contributed by atoms with Crippen molar-refractivity contribution in [2.45, 2.75) is 38.0 Å². The van der Waals surface area contributed by atoms with Gasteiger partial charge in [-0.3, -0.25) is 0 Å². The smallest absolute Gasteiger partial charge is 0.122 e. The first-order chi connectivity index (χ1) is 7.73.